The molecule has 0 aromatic rings. The number of carboxylic acids is 1. The number of carbonyl (C=O) groups is 1. The van der Waals surface area contributed by atoms with Crippen molar-refractivity contribution in [3.05, 3.63) is 12.2 Å². The second-order valence-electron chi connectivity index (χ2n) is 1.09. The van der Waals surface area contributed by atoms with Gasteiger partial charge in [0.15, 0.2) is 0 Å². The van der Waals surface area contributed by atoms with Gasteiger partial charge in [-0.25, -0.2) is 4.79 Å². The van der Waals surface area contributed by atoms with E-state index in [1.165, 1.54) is 6.92 Å². The SMILES string of the molecule is C=C(C)C(=O)O.[Sn]. The molecule has 0 saturated carbocycles. The van der Waals surface area contributed by atoms with Crippen molar-refractivity contribution < 1.29 is 9.90 Å². The predicted molar refractivity (Wildman–Crippen MR) is 28.2 cm³/mol. The van der Waals surface area contributed by atoms with Gasteiger partial charge in [-0.1, -0.05) is 6.58 Å². The maximum Gasteiger partial charge on any atom is 0.330 e. The third kappa shape index (κ3) is 6.01. The monoisotopic (exact) mass is 206 g/mol. The van der Waals surface area contributed by atoms with E-state index in [4.69, 9.17) is 5.11 Å². The summed E-state index contributed by atoms with van der Waals surface area (Å²) in [7, 11) is 0. The molecule has 38 valence electrons. The first-order valence-electron chi connectivity index (χ1n) is 1.53. The molecule has 7 heavy (non-hydrogen) atoms. The molecule has 0 aromatic carbocycles. The largest absolute Gasteiger partial charge is 0.478 e. The van der Waals surface area contributed by atoms with Crippen LogP contribution in [0, 0.1) is 0 Å². The summed E-state index contributed by atoms with van der Waals surface area (Å²) in [5.41, 5.74) is 0.176. The van der Waals surface area contributed by atoms with Gasteiger partial charge in [0.25, 0.3) is 0 Å². The molecule has 0 rings (SSSR count). The second kappa shape index (κ2) is 4.18. The van der Waals surface area contributed by atoms with E-state index >= 15 is 0 Å². The maximum absolute atomic E-state index is 9.60. The van der Waals surface area contributed by atoms with E-state index in [1.807, 2.05) is 0 Å². The topological polar surface area (TPSA) is 37.3 Å². The Morgan fingerprint density at radius 2 is 1.86 bits per heavy atom. The Bertz CT molecular complexity index is 75.7. The Labute approximate surface area is 59.2 Å². The van der Waals surface area contributed by atoms with Gasteiger partial charge < -0.3 is 5.11 Å². The summed E-state index contributed by atoms with van der Waals surface area (Å²) in [5.74, 6) is -0.935. The second-order valence-corrected chi connectivity index (χ2v) is 1.09. The molecule has 0 atom stereocenters. The molecule has 0 aliphatic rings. The van der Waals surface area contributed by atoms with Crippen LogP contribution in [-0.2, 0) is 4.79 Å². The van der Waals surface area contributed by atoms with Crippen LogP contribution in [0.3, 0.4) is 0 Å². The van der Waals surface area contributed by atoms with Crippen molar-refractivity contribution in [1.82, 2.24) is 0 Å². The third-order valence-corrected chi connectivity index (χ3v) is 0.365. The summed E-state index contributed by atoms with van der Waals surface area (Å²) in [5, 5.41) is 7.89. The maximum atomic E-state index is 9.60. The molecule has 0 saturated heterocycles. The van der Waals surface area contributed by atoms with Crippen molar-refractivity contribution in [2.45, 2.75) is 6.92 Å². The summed E-state index contributed by atoms with van der Waals surface area (Å²) in [6.07, 6.45) is 0. The van der Waals surface area contributed by atoms with Crippen LogP contribution in [0.25, 0.3) is 0 Å². The fraction of sp³-hybridized carbons (Fsp3) is 0.250. The van der Waals surface area contributed by atoms with Gasteiger partial charge in [-0.3, -0.25) is 0 Å². The predicted octanol–water partition coefficient (Wildman–Crippen LogP) is 0.266. The van der Waals surface area contributed by atoms with Crippen molar-refractivity contribution in [3.8, 4) is 0 Å². The molecule has 0 heterocycles. The summed E-state index contributed by atoms with van der Waals surface area (Å²) in [4.78, 5) is 9.60. The van der Waals surface area contributed by atoms with Gasteiger partial charge in [0, 0.05) is 29.5 Å². The van der Waals surface area contributed by atoms with Gasteiger partial charge in [0.2, 0.25) is 0 Å². The van der Waals surface area contributed by atoms with Crippen LogP contribution in [0.4, 0.5) is 0 Å². The minimum absolute atomic E-state index is 0. The normalized spacial score (nSPS) is 6.43. The fourth-order valence-electron chi connectivity index (χ4n) is 0. The number of aliphatic carboxylic acids is 1. The quantitative estimate of drug-likeness (QED) is 0.492. The van der Waals surface area contributed by atoms with Crippen molar-refractivity contribution in [1.29, 1.82) is 0 Å². The van der Waals surface area contributed by atoms with Crippen LogP contribution in [0.1, 0.15) is 6.92 Å². The molecule has 0 spiro atoms. The summed E-state index contributed by atoms with van der Waals surface area (Å²) < 4.78 is 0. The summed E-state index contributed by atoms with van der Waals surface area (Å²) in [6, 6.07) is 0. The van der Waals surface area contributed by atoms with Crippen LogP contribution >= 0.6 is 0 Å². The van der Waals surface area contributed by atoms with E-state index in [9.17, 15) is 4.79 Å². The molecule has 4 radical (unpaired) electrons. The molecule has 0 unspecified atom stereocenters. The van der Waals surface area contributed by atoms with Crippen LogP contribution in [0.2, 0.25) is 0 Å². The van der Waals surface area contributed by atoms with Gasteiger partial charge in [-0.05, 0) is 6.92 Å². The third-order valence-electron chi connectivity index (χ3n) is 0.365. The van der Waals surface area contributed by atoms with E-state index in [0.29, 0.717) is 0 Å². The minimum Gasteiger partial charge on any atom is -0.478 e. The standard InChI is InChI=1S/C4H6O2.Sn/c1-3(2)4(5)6;/h1H2,2H3,(H,5,6);. The van der Waals surface area contributed by atoms with E-state index in [-0.39, 0.29) is 29.5 Å². The summed E-state index contributed by atoms with van der Waals surface area (Å²) in [6.45, 7) is 4.60. The molecule has 1 N–H and O–H groups in total. The van der Waals surface area contributed by atoms with Crippen molar-refractivity contribution in [2.24, 2.45) is 0 Å². The zero-order valence-corrected chi connectivity index (χ0v) is 6.92. The molecule has 0 aliphatic heterocycles. The van der Waals surface area contributed by atoms with Crippen LogP contribution in [0.15, 0.2) is 12.2 Å². The van der Waals surface area contributed by atoms with E-state index < -0.39 is 5.97 Å². The van der Waals surface area contributed by atoms with E-state index in [0.717, 1.165) is 0 Å². The van der Waals surface area contributed by atoms with Gasteiger partial charge in [0.05, 0.1) is 0 Å². The first kappa shape index (κ1) is 10.1. The average Bonchev–Trinajstić information content (AvgIpc) is 1.36. The molecule has 0 fully saturated rings. The first-order chi connectivity index (χ1) is 2.64. The van der Waals surface area contributed by atoms with Crippen LogP contribution < -0.4 is 0 Å². The van der Waals surface area contributed by atoms with Gasteiger partial charge in [0.1, 0.15) is 0 Å². The van der Waals surface area contributed by atoms with Crippen LogP contribution in [-0.4, -0.2) is 35.0 Å². The zero-order chi connectivity index (χ0) is 5.15. The Morgan fingerprint density at radius 3 is 1.86 bits per heavy atom. The average molecular weight is 205 g/mol. The Balaban J connectivity index is 0. The van der Waals surface area contributed by atoms with Gasteiger partial charge in [-0.2, -0.15) is 0 Å². The molecule has 0 aliphatic carbocycles. The number of hydrogen-bond acceptors (Lipinski definition) is 1. The molecule has 0 aromatic heterocycles. The van der Waals surface area contributed by atoms with E-state index in [2.05, 4.69) is 6.58 Å². The Kier molecular flexibility index (Phi) is 6.02. The van der Waals surface area contributed by atoms with Crippen molar-refractivity contribution in [3.63, 3.8) is 0 Å². The smallest absolute Gasteiger partial charge is 0.330 e. The Hall–Kier alpha value is 0.00870. The van der Waals surface area contributed by atoms with Crippen molar-refractivity contribution >= 4 is 29.9 Å². The zero-order valence-electron chi connectivity index (χ0n) is 4.06. The number of rotatable bonds is 1. The van der Waals surface area contributed by atoms with Gasteiger partial charge >= 0.3 is 5.97 Å². The molecule has 2 nitrogen and oxygen atoms in total. The van der Waals surface area contributed by atoms with Crippen molar-refractivity contribution in [2.75, 3.05) is 0 Å². The number of carboxylic acid groups (broad SMARTS) is 1. The van der Waals surface area contributed by atoms with E-state index in [1.54, 1.807) is 0 Å². The molecule has 0 bridgehead atoms. The Morgan fingerprint density at radius 1 is 1.71 bits per heavy atom. The number of hydrogen-bond donors (Lipinski definition) is 1. The molecular weight excluding hydrogens is 199 g/mol. The molecular formula is C4H6O2Sn. The first-order valence-corrected chi connectivity index (χ1v) is 1.53. The van der Waals surface area contributed by atoms with Gasteiger partial charge in [-0.15, -0.1) is 0 Å². The molecule has 3 heteroatoms. The van der Waals surface area contributed by atoms with Crippen LogP contribution in [0.5, 0.6) is 0 Å². The minimum atomic E-state index is -0.935. The molecule has 0 amide bonds. The fourth-order valence-corrected chi connectivity index (χ4v) is 0. The summed E-state index contributed by atoms with van der Waals surface area (Å²) >= 11 is 0.